The fourth-order valence-corrected chi connectivity index (χ4v) is 7.99. The molecule has 0 aliphatic carbocycles. The highest BCUT2D eigenvalue weighted by atomic mass is 16.6. The molecule has 0 N–H and O–H groups in total. The Morgan fingerprint density at radius 1 is 0.322 bits per heavy atom. The Morgan fingerprint density at radius 3 is 0.831 bits per heavy atom. The maximum Gasteiger partial charge on any atom is 0.306 e. The summed E-state index contributed by atoms with van der Waals surface area (Å²) in [5.74, 6) is 0.740. The van der Waals surface area contributed by atoms with Gasteiger partial charge in [0, 0.05) is 19.3 Å². The van der Waals surface area contributed by atoms with Crippen LogP contribution in [0, 0.1) is 11.8 Å². The molecule has 0 unspecified atom stereocenters. The molecule has 350 valence electrons. The van der Waals surface area contributed by atoms with Crippen LogP contribution >= 0.6 is 0 Å². The van der Waals surface area contributed by atoms with Crippen molar-refractivity contribution in [3.05, 3.63) is 0 Å². The van der Waals surface area contributed by atoms with Crippen molar-refractivity contribution in [2.45, 2.75) is 298 Å². The molecule has 6 heteroatoms. The van der Waals surface area contributed by atoms with Gasteiger partial charge in [-0.25, -0.2) is 0 Å². The zero-order valence-corrected chi connectivity index (χ0v) is 40.4. The van der Waals surface area contributed by atoms with Crippen molar-refractivity contribution in [3.63, 3.8) is 0 Å². The normalized spacial score (nSPS) is 12.1. The lowest BCUT2D eigenvalue weighted by molar-refractivity contribution is -0.167. The number of hydrogen-bond donors (Lipinski definition) is 0. The van der Waals surface area contributed by atoms with Gasteiger partial charge < -0.3 is 14.2 Å². The fraction of sp³-hybridized carbons (Fsp3) is 0.943. The highest BCUT2D eigenvalue weighted by Crippen LogP contribution is 2.17. The van der Waals surface area contributed by atoms with Crippen LogP contribution < -0.4 is 0 Å². The van der Waals surface area contributed by atoms with Crippen molar-refractivity contribution in [2.75, 3.05) is 13.2 Å². The summed E-state index contributed by atoms with van der Waals surface area (Å²) in [6.07, 6.45) is 46.8. The molecule has 0 amide bonds. The summed E-state index contributed by atoms with van der Waals surface area (Å²) in [7, 11) is 0. The first-order valence-electron chi connectivity index (χ1n) is 26.2. The summed E-state index contributed by atoms with van der Waals surface area (Å²) in [5.41, 5.74) is 0. The highest BCUT2D eigenvalue weighted by Gasteiger charge is 2.19. The van der Waals surface area contributed by atoms with E-state index in [9.17, 15) is 14.4 Å². The number of ether oxygens (including phenoxy) is 3. The quantitative estimate of drug-likeness (QED) is 0.0345. The molecule has 0 aromatic carbocycles. The summed E-state index contributed by atoms with van der Waals surface area (Å²) in [6.45, 7) is 11.3. The van der Waals surface area contributed by atoms with Gasteiger partial charge in [-0.1, -0.05) is 253 Å². The molecule has 0 fully saturated rings. The summed E-state index contributed by atoms with van der Waals surface area (Å²) < 4.78 is 16.8. The van der Waals surface area contributed by atoms with Crippen LogP contribution in [-0.2, 0) is 28.6 Å². The van der Waals surface area contributed by atoms with Crippen LogP contribution in [0.4, 0.5) is 0 Å². The summed E-state index contributed by atoms with van der Waals surface area (Å²) in [6, 6.07) is 0. The van der Waals surface area contributed by atoms with Gasteiger partial charge in [0.1, 0.15) is 13.2 Å². The molecule has 6 nitrogen and oxygen atoms in total. The van der Waals surface area contributed by atoms with Crippen molar-refractivity contribution < 1.29 is 28.6 Å². The summed E-state index contributed by atoms with van der Waals surface area (Å²) in [4.78, 5) is 37.9. The smallest absolute Gasteiger partial charge is 0.306 e. The molecule has 0 aromatic heterocycles. The Balaban J connectivity index is 4.23. The third-order valence-corrected chi connectivity index (χ3v) is 12.0. The second-order valence-corrected chi connectivity index (χ2v) is 19.1. The van der Waals surface area contributed by atoms with Gasteiger partial charge in [-0.05, 0) is 31.1 Å². The number of hydrogen-bond acceptors (Lipinski definition) is 6. The van der Waals surface area contributed by atoms with E-state index in [0.717, 1.165) is 69.6 Å². The third kappa shape index (κ3) is 47.3. The number of carbonyl (C=O) groups excluding carboxylic acids is 3. The van der Waals surface area contributed by atoms with Gasteiger partial charge in [-0.3, -0.25) is 14.4 Å². The predicted molar refractivity (Wildman–Crippen MR) is 252 cm³/mol. The van der Waals surface area contributed by atoms with Crippen LogP contribution in [-0.4, -0.2) is 37.2 Å². The van der Waals surface area contributed by atoms with Crippen molar-refractivity contribution >= 4 is 17.9 Å². The van der Waals surface area contributed by atoms with E-state index in [1.807, 2.05) is 0 Å². The molecule has 0 saturated carbocycles. The van der Waals surface area contributed by atoms with Gasteiger partial charge >= 0.3 is 17.9 Å². The molecule has 0 radical (unpaired) electrons. The molecule has 0 rings (SSSR count). The predicted octanol–water partition coefficient (Wildman–Crippen LogP) is 16.9. The zero-order valence-electron chi connectivity index (χ0n) is 40.4. The van der Waals surface area contributed by atoms with Gasteiger partial charge in [0.2, 0.25) is 0 Å². The van der Waals surface area contributed by atoms with Crippen LogP contribution in [0.3, 0.4) is 0 Å². The molecule has 0 bridgehead atoms. The fourth-order valence-electron chi connectivity index (χ4n) is 7.99. The van der Waals surface area contributed by atoms with Gasteiger partial charge in [0.15, 0.2) is 6.10 Å². The molecule has 1 atom stereocenters. The molecular weight excluding hydrogens is 733 g/mol. The maximum absolute atomic E-state index is 12.7. The molecule has 0 saturated heterocycles. The lowest BCUT2D eigenvalue weighted by Gasteiger charge is -2.18. The van der Waals surface area contributed by atoms with E-state index in [4.69, 9.17) is 14.2 Å². The standard InChI is InChI=1S/C53H102O6/c1-6-7-8-9-10-11-12-13-14-15-16-17-21-24-27-33-38-43-51(54)57-46-50(59-53(56)45-40-35-30-29-32-37-42-49(4)5)47-58-52(55)44-39-34-28-25-22-19-18-20-23-26-31-36-41-48(2)3/h48-50H,6-47H2,1-5H3/t50-/m0/s1. The lowest BCUT2D eigenvalue weighted by atomic mass is 10.0. The second kappa shape index (κ2) is 45.9. The molecule has 0 aromatic rings. The van der Waals surface area contributed by atoms with Crippen molar-refractivity contribution in [1.82, 2.24) is 0 Å². The molecule has 0 heterocycles. The van der Waals surface area contributed by atoms with E-state index >= 15 is 0 Å². The Morgan fingerprint density at radius 2 is 0.559 bits per heavy atom. The van der Waals surface area contributed by atoms with Gasteiger partial charge in [-0.15, -0.1) is 0 Å². The second-order valence-electron chi connectivity index (χ2n) is 19.1. The average molecular weight is 835 g/mol. The van der Waals surface area contributed by atoms with Gasteiger partial charge in [0.05, 0.1) is 0 Å². The Labute approximate surface area is 368 Å². The third-order valence-electron chi connectivity index (χ3n) is 12.0. The van der Waals surface area contributed by atoms with Crippen LogP contribution in [0.5, 0.6) is 0 Å². The molecule has 59 heavy (non-hydrogen) atoms. The Hall–Kier alpha value is -1.59. The van der Waals surface area contributed by atoms with E-state index in [1.165, 1.54) is 180 Å². The van der Waals surface area contributed by atoms with E-state index in [0.29, 0.717) is 19.3 Å². The topological polar surface area (TPSA) is 78.9 Å². The molecular formula is C53H102O6. The van der Waals surface area contributed by atoms with E-state index in [-0.39, 0.29) is 31.1 Å². The first kappa shape index (κ1) is 57.4. The van der Waals surface area contributed by atoms with Crippen molar-refractivity contribution in [3.8, 4) is 0 Å². The zero-order chi connectivity index (χ0) is 43.3. The van der Waals surface area contributed by atoms with E-state index < -0.39 is 6.10 Å². The van der Waals surface area contributed by atoms with Crippen LogP contribution in [0.2, 0.25) is 0 Å². The summed E-state index contributed by atoms with van der Waals surface area (Å²) in [5, 5.41) is 0. The van der Waals surface area contributed by atoms with Crippen LogP contribution in [0.25, 0.3) is 0 Å². The Bertz CT molecular complexity index is 900. The van der Waals surface area contributed by atoms with Crippen molar-refractivity contribution in [1.29, 1.82) is 0 Å². The van der Waals surface area contributed by atoms with Crippen molar-refractivity contribution in [2.24, 2.45) is 11.8 Å². The number of carbonyl (C=O) groups is 3. The van der Waals surface area contributed by atoms with Gasteiger partial charge in [-0.2, -0.15) is 0 Å². The molecule has 0 spiro atoms. The lowest BCUT2D eigenvalue weighted by Crippen LogP contribution is -2.30. The molecule has 0 aliphatic rings. The Kier molecular flexibility index (Phi) is 44.7. The minimum atomic E-state index is -0.762. The highest BCUT2D eigenvalue weighted by molar-refractivity contribution is 5.71. The van der Waals surface area contributed by atoms with E-state index in [2.05, 4.69) is 34.6 Å². The summed E-state index contributed by atoms with van der Waals surface area (Å²) >= 11 is 0. The van der Waals surface area contributed by atoms with Gasteiger partial charge in [0.25, 0.3) is 0 Å². The first-order chi connectivity index (χ1) is 28.7. The van der Waals surface area contributed by atoms with E-state index in [1.54, 1.807) is 0 Å². The minimum Gasteiger partial charge on any atom is -0.462 e. The number of unbranched alkanes of at least 4 members (excludes halogenated alkanes) is 32. The number of esters is 3. The first-order valence-corrected chi connectivity index (χ1v) is 26.2. The molecule has 0 aliphatic heterocycles. The SMILES string of the molecule is CCCCCCCCCCCCCCCCCCCC(=O)OC[C@@H](COC(=O)CCCCCCCCCCCCCCC(C)C)OC(=O)CCCCCCCCC(C)C. The maximum atomic E-state index is 12.7. The van der Waals surface area contributed by atoms with Crippen LogP contribution in [0.15, 0.2) is 0 Å². The average Bonchev–Trinajstić information content (AvgIpc) is 3.20. The largest absolute Gasteiger partial charge is 0.462 e. The minimum absolute atomic E-state index is 0.0647. The van der Waals surface area contributed by atoms with Crippen LogP contribution in [0.1, 0.15) is 291 Å². The number of rotatable bonds is 47. The monoisotopic (exact) mass is 835 g/mol.